The summed E-state index contributed by atoms with van der Waals surface area (Å²) in [5, 5.41) is 3.02. The fraction of sp³-hybridized carbons (Fsp3) is 0.522. The first-order valence-corrected chi connectivity index (χ1v) is 10.4. The van der Waals surface area contributed by atoms with Crippen LogP contribution in [0.1, 0.15) is 57.7 Å². The molecule has 0 atom stereocenters. The van der Waals surface area contributed by atoms with Gasteiger partial charge in [0.25, 0.3) is 0 Å². The van der Waals surface area contributed by atoms with Crippen LogP contribution in [0.4, 0.5) is 9.18 Å². The van der Waals surface area contributed by atoms with Crippen LogP contribution < -0.4 is 5.32 Å². The number of carbonyl (C=O) groups excluding carboxylic acids is 1. The molecule has 160 valence electrons. The van der Waals surface area contributed by atoms with Crippen molar-refractivity contribution in [2.24, 2.45) is 0 Å². The lowest BCUT2D eigenvalue weighted by molar-refractivity contribution is -0.133. The fourth-order valence-corrected chi connectivity index (χ4v) is 4.17. The molecule has 2 bridgehead atoms. The number of nitrogens with one attached hydrogen (secondary N) is 1. The summed E-state index contributed by atoms with van der Waals surface area (Å²) in [5.41, 5.74) is 1.06. The summed E-state index contributed by atoms with van der Waals surface area (Å²) in [6.07, 6.45) is 7.60. The number of halogens is 1. The van der Waals surface area contributed by atoms with Crippen LogP contribution in [0.15, 0.2) is 24.4 Å². The molecule has 30 heavy (non-hydrogen) atoms. The van der Waals surface area contributed by atoms with E-state index in [9.17, 15) is 9.18 Å². The second kappa shape index (κ2) is 7.30. The second-order valence-electron chi connectivity index (χ2n) is 9.43. The molecular formula is C23H28FN3O3. The Labute approximate surface area is 175 Å². The molecule has 1 aliphatic carbocycles. The van der Waals surface area contributed by atoms with Crippen LogP contribution in [0.2, 0.25) is 0 Å². The number of pyridine rings is 2. The lowest BCUT2D eigenvalue weighted by atomic mass is 9.71. The number of nitrogens with zero attached hydrogens (tertiary/aromatic N) is 2. The molecule has 4 heterocycles. The van der Waals surface area contributed by atoms with E-state index in [0.717, 1.165) is 31.4 Å². The van der Waals surface area contributed by atoms with Crippen molar-refractivity contribution in [1.82, 2.24) is 15.3 Å². The quantitative estimate of drug-likeness (QED) is 0.790. The van der Waals surface area contributed by atoms with E-state index in [2.05, 4.69) is 15.3 Å². The maximum absolute atomic E-state index is 14.5. The Morgan fingerprint density at radius 1 is 1.27 bits per heavy atom. The highest BCUT2D eigenvalue weighted by atomic mass is 19.1. The Bertz CT molecular complexity index is 983. The average molecular weight is 413 g/mol. The Kier molecular flexibility index (Phi) is 5.04. The zero-order chi connectivity index (χ0) is 21.6. The van der Waals surface area contributed by atoms with Gasteiger partial charge in [0.1, 0.15) is 5.60 Å². The zero-order valence-electron chi connectivity index (χ0n) is 17.9. The normalized spacial score (nSPS) is 26.3. The molecule has 2 aromatic heterocycles. The summed E-state index contributed by atoms with van der Waals surface area (Å²) in [6, 6.07) is 3.71. The summed E-state index contributed by atoms with van der Waals surface area (Å²) in [5.74, 6) is -0.402. The van der Waals surface area contributed by atoms with Gasteiger partial charge in [-0.25, -0.2) is 9.18 Å². The lowest BCUT2D eigenvalue weighted by Gasteiger charge is -2.52. The minimum absolute atomic E-state index is 0.398. The Hall–Kier alpha value is -2.54. The molecule has 3 aliphatic rings. The number of aryl methyl sites for hydroxylation is 1. The first-order chi connectivity index (χ1) is 14.1. The van der Waals surface area contributed by atoms with Crippen molar-refractivity contribution in [3.8, 4) is 0 Å². The van der Waals surface area contributed by atoms with Gasteiger partial charge in [-0.2, -0.15) is 0 Å². The Morgan fingerprint density at radius 2 is 2.00 bits per heavy atom. The van der Waals surface area contributed by atoms with E-state index in [-0.39, 0.29) is 0 Å². The van der Waals surface area contributed by atoms with Gasteiger partial charge in [0, 0.05) is 11.3 Å². The van der Waals surface area contributed by atoms with Gasteiger partial charge in [-0.1, -0.05) is 12.2 Å². The molecular weight excluding hydrogens is 385 g/mol. The van der Waals surface area contributed by atoms with Crippen molar-refractivity contribution < 1.29 is 18.7 Å². The lowest BCUT2D eigenvalue weighted by Crippen LogP contribution is -2.62. The molecule has 6 nitrogen and oxygen atoms in total. The number of hydrogen-bond donors (Lipinski definition) is 1. The van der Waals surface area contributed by atoms with Gasteiger partial charge in [0.2, 0.25) is 0 Å². The minimum Gasteiger partial charge on any atom is -0.444 e. The number of rotatable bonds is 3. The topological polar surface area (TPSA) is 73.3 Å². The first kappa shape index (κ1) is 20.7. The van der Waals surface area contributed by atoms with Gasteiger partial charge in [0.15, 0.2) is 5.82 Å². The third-order valence-electron chi connectivity index (χ3n) is 5.85. The van der Waals surface area contributed by atoms with Crippen LogP contribution in [-0.4, -0.2) is 39.4 Å². The van der Waals surface area contributed by atoms with Crippen molar-refractivity contribution >= 4 is 23.2 Å². The molecule has 1 amide bonds. The monoisotopic (exact) mass is 413 g/mol. The van der Waals surface area contributed by atoms with Gasteiger partial charge in [-0.15, -0.1) is 0 Å². The van der Waals surface area contributed by atoms with Crippen LogP contribution in [0.3, 0.4) is 0 Å². The van der Waals surface area contributed by atoms with Crippen LogP contribution in [0.25, 0.3) is 17.1 Å². The summed E-state index contributed by atoms with van der Waals surface area (Å²) < 4.78 is 26.1. The van der Waals surface area contributed by atoms with Crippen LogP contribution in [0, 0.1) is 12.7 Å². The maximum atomic E-state index is 14.5. The zero-order valence-corrected chi connectivity index (χ0v) is 17.9. The largest absolute Gasteiger partial charge is 0.444 e. The standard InChI is InChI=1S/C23H28FN3O3/c1-15-5-6-18-19(26-15)16(17(24)13-25-18)7-8-23-11-9-22(10-12-23,14-29-23)27-20(28)30-21(2,3)4/h5-8,13H,9-12,14H2,1-4H3,(H,27,28). The minimum atomic E-state index is -0.540. The Morgan fingerprint density at radius 3 is 2.63 bits per heavy atom. The van der Waals surface area contributed by atoms with Gasteiger partial charge >= 0.3 is 6.09 Å². The summed E-state index contributed by atoms with van der Waals surface area (Å²) in [6.45, 7) is 7.82. The molecule has 2 aromatic rings. The summed E-state index contributed by atoms with van der Waals surface area (Å²) in [7, 11) is 0. The highest BCUT2D eigenvalue weighted by Crippen LogP contribution is 2.45. The van der Waals surface area contributed by atoms with E-state index in [1.165, 1.54) is 6.20 Å². The average Bonchev–Trinajstić information content (AvgIpc) is 2.67. The van der Waals surface area contributed by atoms with Gasteiger partial charge in [0.05, 0.1) is 35.0 Å². The molecule has 0 radical (unpaired) electrons. The third-order valence-corrected chi connectivity index (χ3v) is 5.85. The van der Waals surface area contributed by atoms with Crippen molar-refractivity contribution in [3.63, 3.8) is 0 Å². The SMILES string of the molecule is Cc1ccc2ncc(F)c(C=CC34CCC(NC(=O)OC(C)(C)C)(CC3)CO4)c2n1. The highest BCUT2D eigenvalue weighted by Gasteiger charge is 2.49. The van der Waals surface area contributed by atoms with Gasteiger partial charge in [-0.3, -0.25) is 9.97 Å². The smallest absolute Gasteiger partial charge is 0.408 e. The molecule has 5 rings (SSSR count). The van der Waals surface area contributed by atoms with Crippen molar-refractivity contribution in [3.05, 3.63) is 41.5 Å². The van der Waals surface area contributed by atoms with E-state index in [1.54, 1.807) is 6.08 Å². The number of ether oxygens (including phenoxy) is 2. The number of amides is 1. The van der Waals surface area contributed by atoms with Gasteiger partial charge in [-0.05, 0) is 65.5 Å². The number of hydrogen-bond acceptors (Lipinski definition) is 5. The number of aromatic nitrogens is 2. The number of carbonyl (C=O) groups is 1. The van der Waals surface area contributed by atoms with Crippen molar-refractivity contribution in [1.29, 1.82) is 0 Å². The van der Waals surface area contributed by atoms with Crippen LogP contribution >= 0.6 is 0 Å². The predicted molar refractivity (Wildman–Crippen MR) is 113 cm³/mol. The van der Waals surface area contributed by atoms with Crippen molar-refractivity contribution in [2.45, 2.75) is 70.1 Å². The Balaban J connectivity index is 1.50. The molecule has 7 heteroatoms. The van der Waals surface area contributed by atoms with Crippen LogP contribution in [0.5, 0.6) is 0 Å². The predicted octanol–water partition coefficient (Wildman–Crippen LogP) is 4.70. The van der Waals surface area contributed by atoms with Gasteiger partial charge < -0.3 is 14.8 Å². The van der Waals surface area contributed by atoms with Crippen LogP contribution in [-0.2, 0) is 9.47 Å². The summed E-state index contributed by atoms with van der Waals surface area (Å²) >= 11 is 0. The third kappa shape index (κ3) is 4.17. The van der Waals surface area contributed by atoms with E-state index < -0.39 is 28.7 Å². The maximum Gasteiger partial charge on any atom is 0.408 e. The van der Waals surface area contributed by atoms with E-state index in [1.807, 2.05) is 45.9 Å². The molecule has 2 aliphatic heterocycles. The second-order valence-corrected chi connectivity index (χ2v) is 9.43. The fourth-order valence-electron chi connectivity index (χ4n) is 4.17. The molecule has 1 saturated carbocycles. The van der Waals surface area contributed by atoms with Crippen molar-refractivity contribution in [2.75, 3.05) is 6.61 Å². The molecule has 0 unspecified atom stereocenters. The van der Waals surface area contributed by atoms with E-state index >= 15 is 0 Å². The number of fused-ring (bicyclic) bond motifs is 4. The highest BCUT2D eigenvalue weighted by molar-refractivity contribution is 5.84. The summed E-state index contributed by atoms with van der Waals surface area (Å²) in [4.78, 5) is 20.8. The number of alkyl carbamates (subject to hydrolysis) is 1. The molecule has 0 aromatic carbocycles. The molecule has 1 N–H and O–H groups in total. The van der Waals surface area contributed by atoms with E-state index in [4.69, 9.17) is 9.47 Å². The molecule has 2 saturated heterocycles. The first-order valence-electron chi connectivity index (χ1n) is 10.4. The molecule has 3 fully saturated rings. The van der Waals surface area contributed by atoms with E-state index in [0.29, 0.717) is 23.2 Å². The molecule has 0 spiro atoms.